The van der Waals surface area contributed by atoms with Crippen molar-refractivity contribution >= 4 is 16.7 Å². The maximum atomic E-state index is 12.1. The lowest BCUT2D eigenvalue weighted by atomic mass is 10.1. The number of hydrogen-bond acceptors (Lipinski definition) is 4. The molecule has 0 bridgehead atoms. The average molecular weight is 235 g/mol. The lowest BCUT2D eigenvalue weighted by Gasteiger charge is -2.01. The van der Waals surface area contributed by atoms with Gasteiger partial charge in [0.05, 0.1) is 5.52 Å². The minimum Gasteiger partial charge on any atom is -0.285 e. The molecule has 0 aliphatic carbocycles. The van der Waals surface area contributed by atoms with Gasteiger partial charge in [0, 0.05) is 29.5 Å². The van der Waals surface area contributed by atoms with Gasteiger partial charge in [0.1, 0.15) is 0 Å². The summed E-state index contributed by atoms with van der Waals surface area (Å²) in [6.45, 7) is 0. The smallest absolute Gasteiger partial charge is 0.230 e. The van der Waals surface area contributed by atoms with E-state index >= 15 is 0 Å². The minimum absolute atomic E-state index is 0.179. The van der Waals surface area contributed by atoms with Crippen molar-refractivity contribution in [3.8, 4) is 0 Å². The number of hydrogen-bond donors (Lipinski definition) is 0. The number of nitrogens with zero attached hydrogens (tertiary/aromatic N) is 3. The van der Waals surface area contributed by atoms with Crippen LogP contribution in [0.2, 0.25) is 0 Å². The van der Waals surface area contributed by atoms with Crippen LogP contribution in [-0.4, -0.2) is 20.7 Å². The van der Waals surface area contributed by atoms with Gasteiger partial charge in [-0.1, -0.05) is 6.07 Å². The van der Waals surface area contributed by atoms with Crippen LogP contribution in [0.4, 0.5) is 0 Å². The lowest BCUT2D eigenvalue weighted by Crippen LogP contribution is -2.06. The van der Waals surface area contributed by atoms with Crippen molar-refractivity contribution in [1.82, 2.24) is 15.0 Å². The molecule has 1 aromatic carbocycles. The maximum Gasteiger partial charge on any atom is 0.230 e. The molecule has 86 valence electrons. The van der Waals surface area contributed by atoms with E-state index in [4.69, 9.17) is 0 Å². The molecule has 0 N–H and O–H groups in total. The summed E-state index contributed by atoms with van der Waals surface area (Å²) >= 11 is 0. The second-order valence-corrected chi connectivity index (χ2v) is 3.81. The quantitative estimate of drug-likeness (QED) is 0.639. The molecule has 0 saturated carbocycles. The number of ketones is 1. The zero-order valence-electron chi connectivity index (χ0n) is 9.45. The summed E-state index contributed by atoms with van der Waals surface area (Å²) in [5.74, 6) is 0.0297. The molecule has 4 nitrogen and oxygen atoms in total. The average Bonchev–Trinajstić information content (AvgIpc) is 2.47. The van der Waals surface area contributed by atoms with E-state index in [1.54, 1.807) is 36.8 Å². The Morgan fingerprint density at radius 3 is 2.50 bits per heavy atom. The van der Waals surface area contributed by atoms with E-state index in [0.717, 1.165) is 10.9 Å². The standard InChI is InChI=1S/C14H9N3O/c18-13(14-16-7-2-8-17-14)11-4-5-12-10(9-11)3-1-6-15-12/h1-9H. The van der Waals surface area contributed by atoms with Crippen LogP contribution in [0.3, 0.4) is 0 Å². The molecule has 3 aromatic rings. The number of benzene rings is 1. The molecule has 0 fully saturated rings. The minimum atomic E-state index is -0.179. The van der Waals surface area contributed by atoms with Crippen LogP contribution in [0.5, 0.6) is 0 Å². The molecule has 0 aliphatic rings. The SMILES string of the molecule is O=C(c1ccc2ncccc2c1)c1ncccn1. The van der Waals surface area contributed by atoms with Gasteiger partial charge in [-0.25, -0.2) is 9.97 Å². The first-order valence-corrected chi connectivity index (χ1v) is 5.51. The molecule has 2 aromatic heterocycles. The molecule has 0 atom stereocenters. The number of pyridine rings is 1. The summed E-state index contributed by atoms with van der Waals surface area (Å²) in [6.07, 6.45) is 4.84. The fourth-order valence-corrected chi connectivity index (χ4v) is 1.76. The molecule has 18 heavy (non-hydrogen) atoms. The summed E-state index contributed by atoms with van der Waals surface area (Å²) in [5, 5.41) is 0.930. The zero-order chi connectivity index (χ0) is 12.4. The fourth-order valence-electron chi connectivity index (χ4n) is 1.76. The van der Waals surface area contributed by atoms with Gasteiger partial charge in [0.25, 0.3) is 0 Å². The van der Waals surface area contributed by atoms with E-state index < -0.39 is 0 Å². The first-order chi connectivity index (χ1) is 8.84. The fraction of sp³-hybridized carbons (Fsp3) is 0. The van der Waals surface area contributed by atoms with E-state index in [0.29, 0.717) is 5.56 Å². The molecular formula is C14H9N3O. The normalized spacial score (nSPS) is 10.4. The molecule has 0 spiro atoms. The molecule has 0 saturated heterocycles. The zero-order valence-corrected chi connectivity index (χ0v) is 9.45. The highest BCUT2D eigenvalue weighted by Crippen LogP contribution is 2.15. The predicted octanol–water partition coefficient (Wildman–Crippen LogP) is 2.26. The largest absolute Gasteiger partial charge is 0.285 e. The molecule has 2 heterocycles. The van der Waals surface area contributed by atoms with Crippen molar-refractivity contribution in [3.05, 3.63) is 66.4 Å². The first-order valence-electron chi connectivity index (χ1n) is 5.51. The van der Waals surface area contributed by atoms with Gasteiger partial charge in [0.15, 0.2) is 0 Å². The van der Waals surface area contributed by atoms with Gasteiger partial charge in [-0.05, 0) is 30.3 Å². The molecule has 4 heteroatoms. The van der Waals surface area contributed by atoms with Crippen molar-refractivity contribution in [2.45, 2.75) is 0 Å². The number of aromatic nitrogens is 3. The van der Waals surface area contributed by atoms with Gasteiger partial charge in [-0.3, -0.25) is 9.78 Å². The Balaban J connectivity index is 2.07. The van der Waals surface area contributed by atoms with Crippen LogP contribution in [0, 0.1) is 0 Å². The molecule has 0 radical (unpaired) electrons. The first kappa shape index (κ1) is 10.5. The van der Waals surface area contributed by atoms with E-state index in [1.807, 2.05) is 18.2 Å². The van der Waals surface area contributed by atoms with Crippen LogP contribution in [-0.2, 0) is 0 Å². The predicted molar refractivity (Wildman–Crippen MR) is 67.2 cm³/mol. The number of carbonyl (C=O) groups excluding carboxylic acids is 1. The van der Waals surface area contributed by atoms with Gasteiger partial charge in [0.2, 0.25) is 11.6 Å². The van der Waals surface area contributed by atoms with Crippen LogP contribution < -0.4 is 0 Å². The Hall–Kier alpha value is -2.62. The van der Waals surface area contributed by atoms with Crippen molar-refractivity contribution in [3.63, 3.8) is 0 Å². The highest BCUT2D eigenvalue weighted by Gasteiger charge is 2.11. The Morgan fingerprint density at radius 1 is 0.889 bits per heavy atom. The second kappa shape index (κ2) is 4.33. The highest BCUT2D eigenvalue weighted by molar-refractivity contribution is 6.08. The molecule has 3 rings (SSSR count). The third kappa shape index (κ3) is 1.84. The molecule has 0 aliphatic heterocycles. The highest BCUT2D eigenvalue weighted by atomic mass is 16.1. The van der Waals surface area contributed by atoms with Crippen LogP contribution >= 0.6 is 0 Å². The van der Waals surface area contributed by atoms with Crippen molar-refractivity contribution in [1.29, 1.82) is 0 Å². The lowest BCUT2D eigenvalue weighted by molar-refractivity contribution is 0.102. The summed E-state index contributed by atoms with van der Waals surface area (Å²) in [4.78, 5) is 24.3. The number of fused-ring (bicyclic) bond motifs is 1. The van der Waals surface area contributed by atoms with E-state index in [9.17, 15) is 4.79 Å². The van der Waals surface area contributed by atoms with Gasteiger partial charge < -0.3 is 0 Å². The summed E-state index contributed by atoms with van der Waals surface area (Å²) in [6, 6.07) is 10.8. The van der Waals surface area contributed by atoms with E-state index in [-0.39, 0.29) is 11.6 Å². The number of rotatable bonds is 2. The number of carbonyl (C=O) groups is 1. The van der Waals surface area contributed by atoms with Gasteiger partial charge in [-0.15, -0.1) is 0 Å². The Labute approximate surface area is 103 Å². The maximum absolute atomic E-state index is 12.1. The Bertz CT molecular complexity index is 710. The molecule has 0 unspecified atom stereocenters. The summed E-state index contributed by atoms with van der Waals surface area (Å²) < 4.78 is 0. The van der Waals surface area contributed by atoms with E-state index in [1.165, 1.54) is 0 Å². The monoisotopic (exact) mass is 235 g/mol. The molecular weight excluding hydrogens is 226 g/mol. The third-order valence-electron chi connectivity index (χ3n) is 2.63. The summed E-state index contributed by atoms with van der Waals surface area (Å²) in [5.41, 5.74) is 1.43. The topological polar surface area (TPSA) is 55.7 Å². The Morgan fingerprint density at radius 2 is 1.67 bits per heavy atom. The third-order valence-corrected chi connectivity index (χ3v) is 2.63. The van der Waals surface area contributed by atoms with Crippen molar-refractivity contribution < 1.29 is 4.79 Å². The second-order valence-electron chi connectivity index (χ2n) is 3.81. The van der Waals surface area contributed by atoms with Crippen molar-refractivity contribution in [2.75, 3.05) is 0 Å². The van der Waals surface area contributed by atoms with Crippen molar-refractivity contribution in [2.24, 2.45) is 0 Å². The Kier molecular flexibility index (Phi) is 2.53. The van der Waals surface area contributed by atoms with Gasteiger partial charge in [-0.2, -0.15) is 0 Å². The van der Waals surface area contributed by atoms with E-state index in [2.05, 4.69) is 15.0 Å². The molecule has 0 amide bonds. The van der Waals surface area contributed by atoms with Crippen LogP contribution in [0.25, 0.3) is 10.9 Å². The van der Waals surface area contributed by atoms with Crippen LogP contribution in [0.15, 0.2) is 55.0 Å². The van der Waals surface area contributed by atoms with Crippen LogP contribution in [0.1, 0.15) is 16.2 Å². The van der Waals surface area contributed by atoms with Gasteiger partial charge >= 0.3 is 0 Å². The summed E-state index contributed by atoms with van der Waals surface area (Å²) in [7, 11) is 0.